The molecule has 0 saturated carbocycles. The Kier molecular flexibility index (Phi) is 10.7. The van der Waals surface area contributed by atoms with E-state index in [0.717, 1.165) is 0 Å². The highest BCUT2D eigenvalue weighted by molar-refractivity contribution is 7.76. The van der Waals surface area contributed by atoms with Gasteiger partial charge in [-0.25, -0.2) is 5.84 Å². The molecule has 18 heavy (non-hydrogen) atoms. The SMILES string of the molecule is CCCC[P+](CCCC)(CCCC)CC(=O)NN. The van der Waals surface area contributed by atoms with Gasteiger partial charge >= 0.3 is 0 Å². The van der Waals surface area contributed by atoms with Crippen molar-refractivity contribution >= 4 is 13.2 Å². The lowest BCUT2D eigenvalue weighted by molar-refractivity contribution is -0.118. The lowest BCUT2D eigenvalue weighted by atomic mass is 10.4. The first-order chi connectivity index (χ1) is 8.64. The van der Waals surface area contributed by atoms with Gasteiger partial charge in [0.15, 0.2) is 0 Å². The quantitative estimate of drug-likeness (QED) is 0.263. The highest BCUT2D eigenvalue weighted by Crippen LogP contribution is 2.60. The molecule has 0 bridgehead atoms. The first-order valence-corrected chi connectivity index (χ1v) is 10.0. The molecule has 3 N–H and O–H groups in total. The van der Waals surface area contributed by atoms with Gasteiger partial charge in [0.1, 0.15) is 6.16 Å². The van der Waals surface area contributed by atoms with Crippen molar-refractivity contribution in [2.24, 2.45) is 5.84 Å². The summed E-state index contributed by atoms with van der Waals surface area (Å²) in [6.07, 6.45) is 12.0. The largest absolute Gasteiger partial charge is 0.291 e. The summed E-state index contributed by atoms with van der Waals surface area (Å²) >= 11 is 0. The Morgan fingerprint density at radius 2 is 1.33 bits per heavy atom. The molecule has 3 nitrogen and oxygen atoms in total. The van der Waals surface area contributed by atoms with E-state index in [2.05, 4.69) is 26.2 Å². The normalized spacial score (nSPS) is 11.6. The van der Waals surface area contributed by atoms with Crippen LogP contribution in [0.25, 0.3) is 0 Å². The zero-order chi connectivity index (χ0) is 13.9. The molecule has 1 amide bonds. The molecule has 0 unspecified atom stereocenters. The van der Waals surface area contributed by atoms with Crippen LogP contribution in [0, 0.1) is 0 Å². The minimum atomic E-state index is -1.11. The number of hydrogen-bond acceptors (Lipinski definition) is 2. The first-order valence-electron chi connectivity index (χ1n) is 7.48. The van der Waals surface area contributed by atoms with E-state index in [4.69, 9.17) is 5.84 Å². The summed E-state index contributed by atoms with van der Waals surface area (Å²) in [5.74, 6) is 5.33. The fourth-order valence-corrected chi connectivity index (χ4v) is 7.21. The van der Waals surface area contributed by atoms with E-state index in [1.807, 2.05) is 0 Å². The molecular weight excluding hydrogens is 243 g/mol. The van der Waals surface area contributed by atoms with E-state index in [0.29, 0.717) is 6.16 Å². The zero-order valence-corrected chi connectivity index (χ0v) is 13.4. The molecule has 0 saturated heterocycles. The highest BCUT2D eigenvalue weighted by atomic mass is 31.2. The molecule has 0 fully saturated rings. The van der Waals surface area contributed by atoms with Gasteiger partial charge in [-0.2, -0.15) is 0 Å². The zero-order valence-electron chi connectivity index (χ0n) is 12.5. The summed E-state index contributed by atoms with van der Waals surface area (Å²) in [5, 5.41) is 0. The number of carbonyl (C=O) groups is 1. The Balaban J connectivity index is 4.66. The van der Waals surface area contributed by atoms with Crippen molar-refractivity contribution in [3.05, 3.63) is 0 Å². The number of nitrogens with two attached hydrogens (primary N) is 1. The fourth-order valence-electron chi connectivity index (χ4n) is 2.40. The molecule has 0 rings (SSSR count). The second-order valence-corrected chi connectivity index (χ2v) is 9.64. The minimum Gasteiger partial charge on any atom is -0.291 e. The van der Waals surface area contributed by atoms with Crippen molar-refractivity contribution in [1.29, 1.82) is 0 Å². The summed E-state index contributed by atoms with van der Waals surface area (Å²) in [6.45, 7) is 6.70. The molecule has 4 heteroatoms. The van der Waals surface area contributed by atoms with Crippen LogP contribution in [0.5, 0.6) is 0 Å². The van der Waals surface area contributed by atoms with E-state index in [9.17, 15) is 4.79 Å². The first kappa shape index (κ1) is 17.9. The van der Waals surface area contributed by atoms with Gasteiger partial charge in [-0.05, 0) is 19.3 Å². The fraction of sp³-hybridized carbons (Fsp3) is 0.929. The molecule has 0 aliphatic carbocycles. The summed E-state index contributed by atoms with van der Waals surface area (Å²) in [5.41, 5.74) is 2.34. The van der Waals surface area contributed by atoms with Gasteiger partial charge in [-0.1, -0.05) is 40.0 Å². The molecule has 0 atom stereocenters. The van der Waals surface area contributed by atoms with Gasteiger partial charge in [-0.15, -0.1) is 0 Å². The second-order valence-electron chi connectivity index (χ2n) is 5.30. The van der Waals surface area contributed by atoms with E-state index in [-0.39, 0.29) is 5.91 Å². The van der Waals surface area contributed by atoms with Crippen molar-refractivity contribution in [2.75, 3.05) is 24.6 Å². The molecule has 0 aromatic carbocycles. The van der Waals surface area contributed by atoms with Gasteiger partial charge in [-0.3, -0.25) is 10.2 Å². The maximum atomic E-state index is 11.7. The van der Waals surface area contributed by atoms with E-state index in [1.165, 1.54) is 57.0 Å². The van der Waals surface area contributed by atoms with Crippen LogP contribution < -0.4 is 11.3 Å². The Hall–Kier alpha value is -0.140. The lowest BCUT2D eigenvalue weighted by Crippen LogP contribution is -2.34. The van der Waals surface area contributed by atoms with Gasteiger partial charge in [0, 0.05) is 7.26 Å². The van der Waals surface area contributed by atoms with Crippen molar-refractivity contribution < 1.29 is 4.79 Å². The van der Waals surface area contributed by atoms with Crippen molar-refractivity contribution in [3.63, 3.8) is 0 Å². The molecule has 0 aliphatic heterocycles. The average Bonchev–Trinajstić information content (AvgIpc) is 2.40. The van der Waals surface area contributed by atoms with Crippen LogP contribution in [0.4, 0.5) is 0 Å². The number of unbranched alkanes of at least 4 members (excludes halogenated alkanes) is 3. The third-order valence-corrected chi connectivity index (χ3v) is 8.35. The minimum absolute atomic E-state index is 0.0478. The van der Waals surface area contributed by atoms with E-state index in [1.54, 1.807) is 0 Å². The number of amides is 1. The maximum Gasteiger partial charge on any atom is 0.271 e. The standard InChI is InChI=1S/C14H31N2OP/c1-4-7-10-18(11-8-5-2,12-9-6-3)13-14(17)16-15/h4-13,15H2,1-3H3/p+1. The third kappa shape index (κ3) is 7.33. The summed E-state index contributed by atoms with van der Waals surface area (Å²) in [7, 11) is -1.11. The molecule has 0 aliphatic rings. The molecule has 0 heterocycles. The molecule has 0 spiro atoms. The average molecular weight is 275 g/mol. The summed E-state index contributed by atoms with van der Waals surface area (Å²) in [4.78, 5) is 11.7. The molecule has 0 aromatic rings. The van der Waals surface area contributed by atoms with Gasteiger partial charge in [0.2, 0.25) is 0 Å². The van der Waals surface area contributed by atoms with Crippen LogP contribution in [-0.2, 0) is 4.79 Å². The topological polar surface area (TPSA) is 55.1 Å². The van der Waals surface area contributed by atoms with Crippen LogP contribution in [0.3, 0.4) is 0 Å². The van der Waals surface area contributed by atoms with Crippen LogP contribution in [0.15, 0.2) is 0 Å². The Labute approximate surface area is 114 Å². The van der Waals surface area contributed by atoms with Crippen molar-refractivity contribution in [2.45, 2.75) is 59.3 Å². The summed E-state index contributed by atoms with van der Waals surface area (Å²) < 4.78 is 0. The molecule has 0 radical (unpaired) electrons. The van der Waals surface area contributed by atoms with Crippen molar-refractivity contribution in [1.82, 2.24) is 5.43 Å². The number of hydrazine groups is 1. The smallest absolute Gasteiger partial charge is 0.271 e. The predicted molar refractivity (Wildman–Crippen MR) is 83.4 cm³/mol. The Morgan fingerprint density at radius 1 is 0.944 bits per heavy atom. The van der Waals surface area contributed by atoms with Gasteiger partial charge < -0.3 is 0 Å². The van der Waals surface area contributed by atoms with Crippen LogP contribution in [0.2, 0.25) is 0 Å². The number of nitrogens with one attached hydrogen (secondary N) is 1. The number of carbonyl (C=O) groups excluding carboxylic acids is 1. The predicted octanol–water partition coefficient (Wildman–Crippen LogP) is 3.39. The molecule has 108 valence electrons. The van der Waals surface area contributed by atoms with Crippen LogP contribution in [-0.4, -0.2) is 30.6 Å². The van der Waals surface area contributed by atoms with Crippen molar-refractivity contribution in [3.8, 4) is 0 Å². The highest BCUT2D eigenvalue weighted by Gasteiger charge is 2.37. The Bertz CT molecular complexity index is 200. The van der Waals surface area contributed by atoms with Crippen LogP contribution in [0.1, 0.15) is 59.3 Å². The maximum absolute atomic E-state index is 11.7. The van der Waals surface area contributed by atoms with Crippen LogP contribution >= 0.6 is 7.26 Å². The number of hydrogen-bond donors (Lipinski definition) is 2. The monoisotopic (exact) mass is 275 g/mol. The lowest BCUT2D eigenvalue weighted by Gasteiger charge is -2.27. The van der Waals surface area contributed by atoms with E-state index >= 15 is 0 Å². The molecule has 0 aromatic heterocycles. The third-order valence-electron chi connectivity index (χ3n) is 3.60. The van der Waals surface area contributed by atoms with Gasteiger partial charge in [0.05, 0.1) is 18.5 Å². The van der Waals surface area contributed by atoms with E-state index < -0.39 is 7.26 Å². The second kappa shape index (κ2) is 10.8. The summed E-state index contributed by atoms with van der Waals surface area (Å²) in [6, 6.07) is 0. The Morgan fingerprint density at radius 3 is 1.61 bits per heavy atom. The number of rotatable bonds is 11. The molecular formula is C14H32N2OP+. The van der Waals surface area contributed by atoms with Gasteiger partial charge in [0.25, 0.3) is 5.91 Å².